The lowest BCUT2D eigenvalue weighted by Crippen LogP contribution is -2.35. The molecule has 1 aliphatic rings. The molecule has 0 spiro atoms. The second-order valence-corrected chi connectivity index (χ2v) is 7.07. The van der Waals surface area contributed by atoms with E-state index in [0.717, 1.165) is 19.3 Å². The van der Waals surface area contributed by atoms with E-state index in [-0.39, 0.29) is 16.8 Å². The Morgan fingerprint density at radius 2 is 2.05 bits per heavy atom. The molecule has 0 aromatic carbocycles. The molecule has 1 atom stereocenters. The lowest BCUT2D eigenvalue weighted by Gasteiger charge is -2.23. The number of sulfonamides is 1. The van der Waals surface area contributed by atoms with Gasteiger partial charge in [-0.1, -0.05) is 6.92 Å². The van der Waals surface area contributed by atoms with Crippen LogP contribution in [-0.2, 0) is 15.9 Å². The Labute approximate surface area is 119 Å². The SMILES string of the molecule is CCC1CCCN1S(=O)(=O)c1c(C)oc(C)c1CCl. The smallest absolute Gasteiger partial charge is 0.247 e. The molecule has 1 unspecified atom stereocenters. The van der Waals surface area contributed by atoms with Crippen LogP contribution in [0, 0.1) is 13.8 Å². The predicted octanol–water partition coefficient (Wildman–Crippen LogP) is 3.20. The molecule has 1 saturated heterocycles. The molecule has 108 valence electrons. The van der Waals surface area contributed by atoms with Gasteiger partial charge in [0.25, 0.3) is 0 Å². The van der Waals surface area contributed by atoms with Crippen LogP contribution < -0.4 is 0 Å². The molecule has 4 nitrogen and oxygen atoms in total. The molecule has 19 heavy (non-hydrogen) atoms. The Hall–Kier alpha value is -0.520. The van der Waals surface area contributed by atoms with Crippen molar-refractivity contribution in [3.05, 3.63) is 17.1 Å². The molecule has 1 aliphatic heterocycles. The number of alkyl halides is 1. The summed E-state index contributed by atoms with van der Waals surface area (Å²) < 4.78 is 32.7. The standard InChI is InChI=1S/C13H20ClNO3S/c1-4-11-6-5-7-15(11)19(16,17)13-10(3)18-9(2)12(13)8-14/h11H,4-8H2,1-3H3. The third-order valence-electron chi connectivity index (χ3n) is 3.82. The lowest BCUT2D eigenvalue weighted by molar-refractivity contribution is 0.378. The fourth-order valence-electron chi connectivity index (χ4n) is 2.85. The number of nitrogens with zero attached hydrogens (tertiary/aromatic N) is 1. The van der Waals surface area contributed by atoms with Gasteiger partial charge in [0.05, 0.1) is 5.88 Å². The van der Waals surface area contributed by atoms with Gasteiger partial charge in [-0.2, -0.15) is 4.31 Å². The molecule has 0 bridgehead atoms. The maximum atomic E-state index is 12.8. The zero-order chi connectivity index (χ0) is 14.2. The van der Waals surface area contributed by atoms with E-state index < -0.39 is 10.0 Å². The van der Waals surface area contributed by atoms with Crippen LogP contribution in [0.2, 0.25) is 0 Å². The minimum absolute atomic E-state index is 0.0998. The van der Waals surface area contributed by atoms with Crippen molar-refractivity contribution in [3.8, 4) is 0 Å². The lowest BCUT2D eigenvalue weighted by atomic mass is 10.2. The first-order chi connectivity index (χ1) is 8.93. The van der Waals surface area contributed by atoms with Crippen molar-refractivity contribution in [2.75, 3.05) is 6.54 Å². The number of hydrogen-bond acceptors (Lipinski definition) is 3. The Balaban J connectivity index is 2.51. The van der Waals surface area contributed by atoms with Gasteiger partial charge < -0.3 is 4.42 Å². The molecule has 6 heteroatoms. The van der Waals surface area contributed by atoms with Gasteiger partial charge in [0.2, 0.25) is 10.0 Å². The van der Waals surface area contributed by atoms with Crippen molar-refractivity contribution in [1.82, 2.24) is 4.31 Å². The third-order valence-corrected chi connectivity index (χ3v) is 6.23. The van der Waals surface area contributed by atoms with Gasteiger partial charge in [-0.3, -0.25) is 0 Å². The molecule has 0 saturated carbocycles. The highest BCUT2D eigenvalue weighted by molar-refractivity contribution is 7.89. The number of aryl methyl sites for hydroxylation is 2. The van der Waals surface area contributed by atoms with Crippen LogP contribution in [0.3, 0.4) is 0 Å². The van der Waals surface area contributed by atoms with Crippen LogP contribution in [0.4, 0.5) is 0 Å². The summed E-state index contributed by atoms with van der Waals surface area (Å²) in [7, 11) is -3.50. The zero-order valence-corrected chi connectivity index (χ0v) is 13.1. The van der Waals surface area contributed by atoms with Crippen LogP contribution in [-0.4, -0.2) is 25.3 Å². The summed E-state index contributed by atoms with van der Waals surface area (Å²) in [6.45, 7) is 6.05. The molecular formula is C13H20ClNO3S. The Kier molecular flexibility index (Phi) is 4.28. The van der Waals surface area contributed by atoms with E-state index in [4.69, 9.17) is 16.0 Å². The van der Waals surface area contributed by atoms with Crippen LogP contribution in [0.1, 0.15) is 43.3 Å². The summed E-state index contributed by atoms with van der Waals surface area (Å²) in [6, 6.07) is 0.0998. The molecule has 1 aromatic rings. The van der Waals surface area contributed by atoms with Crippen molar-refractivity contribution in [1.29, 1.82) is 0 Å². The summed E-state index contributed by atoms with van der Waals surface area (Å²) in [5.41, 5.74) is 0.598. The maximum absolute atomic E-state index is 12.8. The molecule has 0 amide bonds. The van der Waals surface area contributed by atoms with Gasteiger partial charge in [-0.05, 0) is 33.1 Å². The molecule has 0 radical (unpaired) electrons. The fraction of sp³-hybridized carbons (Fsp3) is 0.692. The van der Waals surface area contributed by atoms with E-state index in [1.54, 1.807) is 18.2 Å². The highest BCUT2D eigenvalue weighted by Gasteiger charge is 2.38. The number of rotatable bonds is 4. The first kappa shape index (κ1) is 14.9. The molecule has 2 heterocycles. The summed E-state index contributed by atoms with van der Waals surface area (Å²) in [4.78, 5) is 0.278. The van der Waals surface area contributed by atoms with Crippen molar-refractivity contribution in [2.45, 2.75) is 56.9 Å². The average Bonchev–Trinajstić information content (AvgIpc) is 2.93. The second-order valence-electron chi connectivity index (χ2n) is 4.98. The third kappa shape index (κ3) is 2.43. The molecule has 2 rings (SSSR count). The van der Waals surface area contributed by atoms with Crippen LogP contribution >= 0.6 is 11.6 Å². The normalized spacial score (nSPS) is 21.2. The Morgan fingerprint density at radius 1 is 1.37 bits per heavy atom. The van der Waals surface area contributed by atoms with Gasteiger partial charge in [-0.25, -0.2) is 8.42 Å². The van der Waals surface area contributed by atoms with E-state index in [2.05, 4.69) is 0 Å². The van der Waals surface area contributed by atoms with Crippen LogP contribution in [0.15, 0.2) is 9.31 Å². The quantitative estimate of drug-likeness (QED) is 0.803. The Bertz CT molecular complexity index is 565. The Morgan fingerprint density at radius 3 is 2.63 bits per heavy atom. The molecule has 0 aliphatic carbocycles. The van der Waals surface area contributed by atoms with Crippen LogP contribution in [0.25, 0.3) is 0 Å². The van der Waals surface area contributed by atoms with Gasteiger partial charge in [0.1, 0.15) is 16.4 Å². The summed E-state index contributed by atoms with van der Waals surface area (Å²) in [5, 5.41) is 0. The highest BCUT2D eigenvalue weighted by Crippen LogP contribution is 2.34. The van der Waals surface area contributed by atoms with Gasteiger partial charge >= 0.3 is 0 Å². The van der Waals surface area contributed by atoms with E-state index in [1.807, 2.05) is 6.92 Å². The topological polar surface area (TPSA) is 50.5 Å². The number of halogens is 1. The molecule has 1 fully saturated rings. The van der Waals surface area contributed by atoms with Gasteiger partial charge in [0.15, 0.2) is 0 Å². The van der Waals surface area contributed by atoms with Crippen molar-refractivity contribution >= 4 is 21.6 Å². The minimum Gasteiger partial charge on any atom is -0.465 e. The van der Waals surface area contributed by atoms with Gasteiger partial charge in [-0.15, -0.1) is 11.6 Å². The van der Waals surface area contributed by atoms with Crippen molar-refractivity contribution in [2.24, 2.45) is 0 Å². The number of hydrogen-bond donors (Lipinski definition) is 0. The summed E-state index contributed by atoms with van der Waals surface area (Å²) in [5.74, 6) is 1.19. The minimum atomic E-state index is -3.50. The average molecular weight is 306 g/mol. The van der Waals surface area contributed by atoms with Gasteiger partial charge in [0, 0.05) is 18.2 Å². The molecule has 1 aromatic heterocycles. The van der Waals surface area contributed by atoms with E-state index in [0.29, 0.717) is 23.6 Å². The number of furan rings is 1. The second kappa shape index (κ2) is 5.46. The summed E-state index contributed by atoms with van der Waals surface area (Å²) >= 11 is 5.89. The molecule has 0 N–H and O–H groups in total. The van der Waals surface area contributed by atoms with E-state index >= 15 is 0 Å². The predicted molar refractivity (Wildman–Crippen MR) is 74.9 cm³/mol. The fourth-order valence-corrected chi connectivity index (χ4v) is 5.44. The molecular weight excluding hydrogens is 286 g/mol. The van der Waals surface area contributed by atoms with Crippen LogP contribution in [0.5, 0.6) is 0 Å². The zero-order valence-electron chi connectivity index (χ0n) is 11.6. The van der Waals surface area contributed by atoms with E-state index in [1.165, 1.54) is 0 Å². The summed E-state index contributed by atoms with van der Waals surface area (Å²) in [6.07, 6.45) is 2.69. The monoisotopic (exact) mass is 305 g/mol. The maximum Gasteiger partial charge on any atom is 0.247 e. The largest absolute Gasteiger partial charge is 0.465 e. The van der Waals surface area contributed by atoms with Crippen molar-refractivity contribution < 1.29 is 12.8 Å². The van der Waals surface area contributed by atoms with Crippen molar-refractivity contribution in [3.63, 3.8) is 0 Å². The highest BCUT2D eigenvalue weighted by atomic mass is 35.5. The first-order valence-corrected chi connectivity index (χ1v) is 8.57. The first-order valence-electron chi connectivity index (χ1n) is 6.60. The van der Waals surface area contributed by atoms with E-state index in [9.17, 15) is 8.42 Å².